The highest BCUT2D eigenvalue weighted by Crippen LogP contribution is 2.35. The number of carbonyl (C=O) groups excluding carboxylic acids is 2. The molecule has 10 heteroatoms. The Labute approximate surface area is 206 Å². The zero-order chi connectivity index (χ0) is 25.2. The Hall–Kier alpha value is -4.34. The number of H-pyrrole nitrogens is 1. The quantitative estimate of drug-likeness (QED) is 0.371. The van der Waals surface area contributed by atoms with Crippen LogP contribution in [-0.2, 0) is 4.79 Å². The van der Waals surface area contributed by atoms with Gasteiger partial charge in [-0.3, -0.25) is 14.2 Å². The number of methoxy groups -OCH3 is 1. The second kappa shape index (κ2) is 9.73. The van der Waals surface area contributed by atoms with Gasteiger partial charge in [-0.2, -0.15) is 0 Å². The van der Waals surface area contributed by atoms with Gasteiger partial charge in [-0.25, -0.2) is 9.78 Å². The number of aromatic nitrogens is 3. The SMILES string of the molecule is COc1cc(NC(=O)C2CCC(n3c(=O)[nH]c4c(NC(=O)c5cnco5)cccc43)CC2)ccc1C. The van der Waals surface area contributed by atoms with Crippen LogP contribution in [0, 0.1) is 12.8 Å². The van der Waals surface area contributed by atoms with E-state index in [4.69, 9.17) is 9.15 Å². The summed E-state index contributed by atoms with van der Waals surface area (Å²) in [5.74, 6) is 0.196. The topological polar surface area (TPSA) is 131 Å². The molecule has 2 aromatic heterocycles. The Morgan fingerprint density at radius 1 is 1.14 bits per heavy atom. The largest absolute Gasteiger partial charge is 0.496 e. The lowest BCUT2D eigenvalue weighted by Gasteiger charge is -2.28. The first-order valence-electron chi connectivity index (χ1n) is 11.8. The van der Waals surface area contributed by atoms with Gasteiger partial charge in [0, 0.05) is 23.7 Å². The fourth-order valence-corrected chi connectivity index (χ4v) is 4.87. The third-order valence-corrected chi connectivity index (χ3v) is 6.77. The van der Waals surface area contributed by atoms with Crippen LogP contribution in [0.15, 0.2) is 58.2 Å². The summed E-state index contributed by atoms with van der Waals surface area (Å²) in [4.78, 5) is 44.9. The minimum atomic E-state index is -0.452. The molecule has 36 heavy (non-hydrogen) atoms. The van der Waals surface area contributed by atoms with E-state index < -0.39 is 5.91 Å². The van der Waals surface area contributed by atoms with Crippen LogP contribution in [-0.4, -0.2) is 33.5 Å². The molecular weight excluding hydrogens is 462 g/mol. The van der Waals surface area contributed by atoms with Gasteiger partial charge in [0.2, 0.25) is 11.7 Å². The van der Waals surface area contributed by atoms with Gasteiger partial charge in [-0.15, -0.1) is 0 Å². The Kier molecular flexibility index (Phi) is 6.32. The first kappa shape index (κ1) is 23.4. The van der Waals surface area contributed by atoms with E-state index in [9.17, 15) is 14.4 Å². The lowest BCUT2D eigenvalue weighted by Crippen LogP contribution is -2.31. The van der Waals surface area contributed by atoms with Crippen molar-refractivity contribution < 1.29 is 18.7 Å². The molecule has 5 rings (SSSR count). The van der Waals surface area contributed by atoms with E-state index in [1.165, 1.54) is 12.6 Å². The number of benzene rings is 2. The standard InChI is InChI=1S/C26H27N5O5/c1-15-6-9-17(12-21(15)35-2)28-24(32)16-7-10-18(11-8-16)31-20-5-3-4-19(23(20)30-26(31)34)29-25(33)22-13-27-14-36-22/h3-6,9,12-14,16,18H,7-8,10-11H2,1-2H3,(H,28,32)(H,29,33)(H,30,34). The Morgan fingerprint density at radius 2 is 1.94 bits per heavy atom. The molecule has 0 aliphatic heterocycles. The lowest BCUT2D eigenvalue weighted by molar-refractivity contribution is -0.121. The van der Waals surface area contributed by atoms with E-state index in [2.05, 4.69) is 20.6 Å². The van der Waals surface area contributed by atoms with Crippen LogP contribution in [0.2, 0.25) is 0 Å². The highest BCUT2D eigenvalue weighted by molar-refractivity contribution is 6.06. The van der Waals surface area contributed by atoms with Crippen molar-refractivity contribution in [3.8, 4) is 5.75 Å². The van der Waals surface area contributed by atoms with Crippen LogP contribution in [0.4, 0.5) is 11.4 Å². The molecule has 0 unspecified atom stereocenters. The smallest absolute Gasteiger partial charge is 0.326 e. The monoisotopic (exact) mass is 489 g/mol. The van der Waals surface area contributed by atoms with Crippen LogP contribution >= 0.6 is 0 Å². The number of para-hydroxylation sites is 1. The first-order valence-corrected chi connectivity index (χ1v) is 11.8. The molecule has 2 aromatic carbocycles. The van der Waals surface area contributed by atoms with Gasteiger partial charge in [0.05, 0.1) is 30.0 Å². The third kappa shape index (κ3) is 4.49. The number of nitrogens with zero attached hydrogens (tertiary/aromatic N) is 2. The van der Waals surface area contributed by atoms with Crippen LogP contribution in [0.3, 0.4) is 0 Å². The van der Waals surface area contributed by atoms with E-state index in [0.29, 0.717) is 48.1 Å². The highest BCUT2D eigenvalue weighted by Gasteiger charge is 2.29. The number of fused-ring (bicyclic) bond motifs is 1. The fourth-order valence-electron chi connectivity index (χ4n) is 4.87. The number of aromatic amines is 1. The van der Waals surface area contributed by atoms with Crippen molar-refractivity contribution in [3.05, 3.63) is 70.8 Å². The van der Waals surface area contributed by atoms with Crippen LogP contribution in [0.25, 0.3) is 11.0 Å². The fraction of sp³-hybridized carbons (Fsp3) is 0.308. The van der Waals surface area contributed by atoms with Gasteiger partial charge < -0.3 is 24.8 Å². The molecule has 3 N–H and O–H groups in total. The van der Waals surface area contributed by atoms with Crippen LogP contribution < -0.4 is 21.1 Å². The molecule has 0 saturated heterocycles. The number of imidazole rings is 1. The predicted octanol–water partition coefficient (Wildman–Crippen LogP) is 4.26. The average Bonchev–Trinajstić information content (AvgIpc) is 3.54. The molecule has 4 aromatic rings. The van der Waals surface area contributed by atoms with E-state index in [1.807, 2.05) is 31.2 Å². The minimum absolute atomic E-state index is 0.0250. The van der Waals surface area contributed by atoms with Gasteiger partial charge in [-0.05, 0) is 56.4 Å². The number of aryl methyl sites for hydroxylation is 1. The van der Waals surface area contributed by atoms with Crippen molar-refractivity contribution in [1.82, 2.24) is 14.5 Å². The van der Waals surface area contributed by atoms with E-state index in [0.717, 1.165) is 11.3 Å². The molecule has 0 bridgehead atoms. The zero-order valence-electron chi connectivity index (χ0n) is 20.0. The summed E-state index contributed by atoms with van der Waals surface area (Å²) in [5.41, 5.74) is 3.19. The van der Waals surface area contributed by atoms with Crippen molar-refractivity contribution in [2.24, 2.45) is 5.92 Å². The number of hydrogen-bond donors (Lipinski definition) is 3. The van der Waals surface area contributed by atoms with Gasteiger partial charge in [0.1, 0.15) is 5.75 Å². The summed E-state index contributed by atoms with van der Waals surface area (Å²) >= 11 is 0. The van der Waals surface area contributed by atoms with E-state index in [-0.39, 0.29) is 29.3 Å². The van der Waals surface area contributed by atoms with Crippen molar-refractivity contribution >= 4 is 34.2 Å². The van der Waals surface area contributed by atoms with Crippen molar-refractivity contribution in [2.75, 3.05) is 17.7 Å². The predicted molar refractivity (Wildman–Crippen MR) is 134 cm³/mol. The normalized spacial score (nSPS) is 17.6. The summed E-state index contributed by atoms with van der Waals surface area (Å²) in [6.07, 6.45) is 5.23. The average molecular weight is 490 g/mol. The molecule has 2 heterocycles. The molecule has 0 atom stereocenters. The number of carbonyl (C=O) groups is 2. The number of ether oxygens (including phenoxy) is 1. The van der Waals surface area contributed by atoms with Crippen molar-refractivity contribution in [3.63, 3.8) is 0 Å². The maximum atomic E-state index is 12.9. The molecule has 186 valence electrons. The Balaban J connectivity index is 1.28. The maximum absolute atomic E-state index is 12.9. The zero-order valence-corrected chi connectivity index (χ0v) is 20.0. The number of nitrogens with one attached hydrogen (secondary N) is 3. The third-order valence-electron chi connectivity index (χ3n) is 6.77. The summed E-state index contributed by atoms with van der Waals surface area (Å²) < 4.78 is 12.1. The van der Waals surface area contributed by atoms with Crippen LogP contribution in [0.1, 0.15) is 47.8 Å². The van der Waals surface area contributed by atoms with Crippen LogP contribution in [0.5, 0.6) is 5.75 Å². The number of anilines is 2. The summed E-state index contributed by atoms with van der Waals surface area (Å²) in [6, 6.07) is 10.9. The molecule has 2 amide bonds. The molecular formula is C26H27N5O5. The van der Waals surface area contributed by atoms with E-state index in [1.54, 1.807) is 23.8 Å². The molecule has 0 spiro atoms. The van der Waals surface area contributed by atoms with Gasteiger partial charge in [0.25, 0.3) is 5.91 Å². The molecule has 0 radical (unpaired) electrons. The van der Waals surface area contributed by atoms with Gasteiger partial charge in [-0.1, -0.05) is 12.1 Å². The number of amides is 2. The van der Waals surface area contributed by atoms with Gasteiger partial charge >= 0.3 is 5.69 Å². The highest BCUT2D eigenvalue weighted by atomic mass is 16.5. The second-order valence-electron chi connectivity index (χ2n) is 9.00. The summed E-state index contributed by atoms with van der Waals surface area (Å²) in [5, 5.41) is 5.76. The molecule has 1 aliphatic rings. The van der Waals surface area contributed by atoms with Crippen molar-refractivity contribution in [2.45, 2.75) is 38.6 Å². The number of hydrogen-bond acceptors (Lipinski definition) is 6. The Bertz CT molecular complexity index is 1460. The second-order valence-corrected chi connectivity index (χ2v) is 9.00. The number of rotatable bonds is 6. The lowest BCUT2D eigenvalue weighted by atomic mass is 9.85. The van der Waals surface area contributed by atoms with Crippen molar-refractivity contribution in [1.29, 1.82) is 0 Å². The first-order chi connectivity index (χ1) is 17.4. The number of oxazole rings is 1. The summed E-state index contributed by atoms with van der Waals surface area (Å²) in [6.45, 7) is 1.95. The molecule has 1 aliphatic carbocycles. The molecule has 1 fully saturated rings. The summed E-state index contributed by atoms with van der Waals surface area (Å²) in [7, 11) is 1.61. The van der Waals surface area contributed by atoms with Gasteiger partial charge in [0.15, 0.2) is 6.39 Å². The van der Waals surface area contributed by atoms with E-state index >= 15 is 0 Å². The maximum Gasteiger partial charge on any atom is 0.326 e. The molecule has 1 saturated carbocycles. The minimum Gasteiger partial charge on any atom is -0.496 e. The molecule has 10 nitrogen and oxygen atoms in total. The Morgan fingerprint density at radius 3 is 2.67 bits per heavy atom.